The number of urea groups is 1. The van der Waals surface area contributed by atoms with E-state index in [4.69, 9.17) is 0 Å². The number of benzene rings is 3. The zero-order valence-electron chi connectivity index (χ0n) is 21.9. The van der Waals surface area contributed by atoms with E-state index in [1.165, 1.54) is 21.2 Å². The van der Waals surface area contributed by atoms with Crippen molar-refractivity contribution in [3.8, 4) is 0 Å². The molecule has 2 saturated heterocycles. The first-order chi connectivity index (χ1) is 19.1. The Morgan fingerprint density at radius 2 is 1.59 bits per heavy atom. The normalized spacial score (nSPS) is 17.6. The Morgan fingerprint density at radius 1 is 0.821 bits per heavy atom. The lowest BCUT2D eigenvalue weighted by molar-refractivity contribution is -0.135. The molecule has 0 radical (unpaired) electrons. The molecule has 0 saturated carbocycles. The number of amides is 3. The van der Waals surface area contributed by atoms with Crippen LogP contribution in [0.25, 0.3) is 16.8 Å². The fourth-order valence-electron chi connectivity index (χ4n) is 5.93. The molecule has 1 aromatic heterocycles. The number of pyridine rings is 1. The number of piperidine rings is 1. The third-order valence-electron chi connectivity index (χ3n) is 8.04. The van der Waals surface area contributed by atoms with Crippen LogP contribution >= 0.6 is 0 Å². The Morgan fingerprint density at radius 3 is 2.38 bits per heavy atom. The second kappa shape index (κ2) is 10.8. The highest BCUT2D eigenvalue weighted by atomic mass is 16.2. The van der Waals surface area contributed by atoms with Crippen molar-refractivity contribution in [2.24, 2.45) is 0 Å². The topological polar surface area (TPSA) is 56.8 Å². The van der Waals surface area contributed by atoms with Crippen molar-refractivity contribution in [2.45, 2.75) is 31.5 Å². The van der Waals surface area contributed by atoms with Crippen molar-refractivity contribution in [1.82, 2.24) is 19.7 Å². The maximum absolute atomic E-state index is 14.0. The van der Waals surface area contributed by atoms with Gasteiger partial charge in [0.1, 0.15) is 5.54 Å². The molecule has 2 aliphatic heterocycles. The molecule has 6 heteroatoms. The van der Waals surface area contributed by atoms with E-state index in [0.717, 1.165) is 30.8 Å². The van der Waals surface area contributed by atoms with Gasteiger partial charge in [-0.1, -0.05) is 91.0 Å². The van der Waals surface area contributed by atoms with E-state index in [1.807, 2.05) is 54.6 Å². The van der Waals surface area contributed by atoms with Crippen LogP contribution in [0.2, 0.25) is 0 Å². The molecule has 3 aromatic carbocycles. The minimum absolute atomic E-state index is 0.0843. The molecule has 39 heavy (non-hydrogen) atoms. The summed E-state index contributed by atoms with van der Waals surface area (Å²) in [5.74, 6) is -0.0843. The van der Waals surface area contributed by atoms with Gasteiger partial charge >= 0.3 is 6.03 Å². The average Bonchev–Trinajstić information content (AvgIpc) is 3.16. The molecule has 2 aliphatic rings. The number of aromatic nitrogens is 1. The molecule has 0 aliphatic carbocycles. The molecule has 0 N–H and O–H groups in total. The molecule has 0 unspecified atom stereocenters. The van der Waals surface area contributed by atoms with Gasteiger partial charge in [0, 0.05) is 38.6 Å². The molecular formula is C33H32N4O2. The highest BCUT2D eigenvalue weighted by Gasteiger charge is 2.57. The van der Waals surface area contributed by atoms with Crippen molar-refractivity contribution >= 4 is 28.8 Å². The van der Waals surface area contributed by atoms with E-state index < -0.39 is 5.54 Å². The summed E-state index contributed by atoms with van der Waals surface area (Å²) in [6.45, 7) is 2.96. The number of hydrogen-bond donors (Lipinski definition) is 0. The molecular weight excluding hydrogens is 484 g/mol. The average molecular weight is 517 g/mol. The first kappa shape index (κ1) is 25.0. The van der Waals surface area contributed by atoms with Gasteiger partial charge in [0.15, 0.2) is 0 Å². The smallest absolute Gasteiger partial charge is 0.305 e. The van der Waals surface area contributed by atoms with Crippen molar-refractivity contribution < 1.29 is 9.59 Å². The molecule has 3 amide bonds. The zero-order chi connectivity index (χ0) is 26.7. The molecule has 6 rings (SSSR count). The second-order valence-electron chi connectivity index (χ2n) is 10.4. The highest BCUT2D eigenvalue weighted by molar-refractivity contribution is 6.07. The lowest BCUT2D eigenvalue weighted by atomic mass is 9.85. The van der Waals surface area contributed by atoms with Crippen LogP contribution in [0.3, 0.4) is 0 Å². The summed E-state index contributed by atoms with van der Waals surface area (Å²) in [7, 11) is 0. The fraction of sp³-hybridized carbons (Fsp3) is 0.242. The van der Waals surface area contributed by atoms with Gasteiger partial charge in [-0.05, 0) is 46.4 Å². The Balaban J connectivity index is 1.22. The largest absolute Gasteiger partial charge is 0.328 e. The van der Waals surface area contributed by atoms with Crippen molar-refractivity contribution in [3.05, 3.63) is 120 Å². The van der Waals surface area contributed by atoms with Crippen LogP contribution in [0.1, 0.15) is 29.5 Å². The lowest BCUT2D eigenvalue weighted by Crippen LogP contribution is -2.56. The van der Waals surface area contributed by atoms with Crippen molar-refractivity contribution in [3.63, 3.8) is 0 Å². The van der Waals surface area contributed by atoms with Gasteiger partial charge < -0.3 is 4.90 Å². The molecule has 2 fully saturated rings. The SMILES string of the molecule is O=C1N(C/C=C/c2ccccc2)C(=O)C2(CCN(Cc3cccc4ccccc34)CC2)N1Cc1cccnc1. The first-order valence-electron chi connectivity index (χ1n) is 13.6. The second-order valence-corrected chi connectivity index (χ2v) is 10.4. The van der Waals surface area contributed by atoms with Crippen LogP contribution in [0.4, 0.5) is 4.79 Å². The van der Waals surface area contributed by atoms with Crippen LogP contribution in [-0.2, 0) is 17.9 Å². The molecule has 0 bridgehead atoms. The fourth-order valence-corrected chi connectivity index (χ4v) is 5.93. The predicted octanol–water partition coefficient (Wildman–Crippen LogP) is 5.75. The summed E-state index contributed by atoms with van der Waals surface area (Å²) in [6.07, 6.45) is 8.59. The van der Waals surface area contributed by atoms with Gasteiger partial charge in [-0.2, -0.15) is 0 Å². The van der Waals surface area contributed by atoms with Crippen LogP contribution in [0, 0.1) is 0 Å². The van der Waals surface area contributed by atoms with E-state index in [-0.39, 0.29) is 18.5 Å². The molecule has 4 aromatic rings. The Kier molecular flexibility index (Phi) is 6.95. The lowest BCUT2D eigenvalue weighted by Gasteiger charge is -2.42. The molecule has 3 heterocycles. The van der Waals surface area contributed by atoms with Crippen LogP contribution in [-0.4, -0.2) is 56.8 Å². The summed E-state index contributed by atoms with van der Waals surface area (Å²) in [5.41, 5.74) is 2.43. The van der Waals surface area contributed by atoms with Crippen LogP contribution in [0.15, 0.2) is 103 Å². The number of hydrogen-bond acceptors (Lipinski definition) is 4. The Bertz CT molecular complexity index is 1490. The number of carbonyl (C=O) groups excluding carboxylic acids is 2. The minimum Gasteiger partial charge on any atom is -0.305 e. The monoisotopic (exact) mass is 516 g/mol. The summed E-state index contributed by atoms with van der Waals surface area (Å²) in [4.78, 5) is 37.6. The maximum Gasteiger partial charge on any atom is 0.328 e. The van der Waals surface area contributed by atoms with Gasteiger partial charge in [0.25, 0.3) is 5.91 Å². The maximum atomic E-state index is 14.0. The number of fused-ring (bicyclic) bond motifs is 1. The summed E-state index contributed by atoms with van der Waals surface area (Å²) in [6, 6.07) is 28.5. The highest BCUT2D eigenvalue weighted by Crippen LogP contribution is 2.39. The van der Waals surface area contributed by atoms with Crippen molar-refractivity contribution in [2.75, 3.05) is 19.6 Å². The quantitative estimate of drug-likeness (QED) is 0.294. The van der Waals surface area contributed by atoms with E-state index in [1.54, 1.807) is 17.3 Å². The van der Waals surface area contributed by atoms with Gasteiger partial charge in [-0.25, -0.2) is 4.79 Å². The standard InChI is InChI=1S/C33H32N4O2/c38-31-33(17-21-35(22-18-33)25-29-15-6-14-28-13-4-5-16-30(28)29)37(24-27-11-7-19-34-23-27)32(39)36(31)20-8-12-26-9-2-1-3-10-26/h1-16,19,23H,17-18,20-22,24-25H2/b12-8+. The van der Waals surface area contributed by atoms with E-state index in [2.05, 4.69) is 52.3 Å². The van der Waals surface area contributed by atoms with Gasteiger partial charge in [-0.3, -0.25) is 19.6 Å². The van der Waals surface area contributed by atoms with Crippen LogP contribution < -0.4 is 0 Å². The van der Waals surface area contributed by atoms with Gasteiger partial charge in [0.2, 0.25) is 0 Å². The Hall–Kier alpha value is -4.29. The summed E-state index contributed by atoms with van der Waals surface area (Å²) >= 11 is 0. The van der Waals surface area contributed by atoms with Crippen molar-refractivity contribution in [1.29, 1.82) is 0 Å². The third-order valence-corrected chi connectivity index (χ3v) is 8.04. The first-order valence-corrected chi connectivity index (χ1v) is 13.6. The minimum atomic E-state index is -0.831. The number of carbonyl (C=O) groups is 2. The number of imide groups is 1. The Labute approximate surface area is 229 Å². The summed E-state index contributed by atoms with van der Waals surface area (Å²) in [5, 5.41) is 2.50. The van der Waals surface area contributed by atoms with Crippen LogP contribution in [0.5, 0.6) is 0 Å². The van der Waals surface area contributed by atoms with Gasteiger partial charge in [0.05, 0.1) is 6.54 Å². The molecule has 196 valence electrons. The van der Waals surface area contributed by atoms with E-state index in [9.17, 15) is 9.59 Å². The zero-order valence-corrected chi connectivity index (χ0v) is 21.9. The summed E-state index contributed by atoms with van der Waals surface area (Å²) < 4.78 is 0. The molecule has 6 nitrogen and oxygen atoms in total. The van der Waals surface area contributed by atoms with E-state index in [0.29, 0.717) is 19.4 Å². The number of rotatable bonds is 7. The third kappa shape index (κ3) is 4.95. The predicted molar refractivity (Wildman–Crippen MR) is 154 cm³/mol. The molecule has 1 spiro atoms. The number of likely N-dealkylation sites (tertiary alicyclic amines) is 1. The van der Waals surface area contributed by atoms with Gasteiger partial charge in [-0.15, -0.1) is 0 Å². The number of nitrogens with zero attached hydrogens (tertiary/aromatic N) is 4. The van der Waals surface area contributed by atoms with E-state index >= 15 is 0 Å². The molecule has 0 atom stereocenters.